The topological polar surface area (TPSA) is 20.2 Å². The first-order valence-corrected chi connectivity index (χ1v) is 10.7. The highest BCUT2D eigenvalue weighted by Gasteiger charge is 2.54. The van der Waals surface area contributed by atoms with Crippen LogP contribution in [0.5, 0.6) is 0 Å². The van der Waals surface area contributed by atoms with Gasteiger partial charge in [-0.2, -0.15) is 0 Å². The van der Waals surface area contributed by atoms with E-state index in [0.717, 1.165) is 18.4 Å². The van der Waals surface area contributed by atoms with Gasteiger partial charge in [-0.3, -0.25) is 0 Å². The molecule has 0 heterocycles. The lowest BCUT2D eigenvalue weighted by molar-refractivity contribution is -0.0748. The van der Waals surface area contributed by atoms with Crippen LogP contribution in [0.2, 0.25) is 0 Å². The third-order valence-corrected chi connectivity index (χ3v) is 7.83. The summed E-state index contributed by atoms with van der Waals surface area (Å²) in [6.07, 6.45) is 5.49. The molecular weight excluding hydrogens is 328 g/mol. The zero-order valence-corrected chi connectivity index (χ0v) is 17.3. The second-order valence-corrected chi connectivity index (χ2v) is 9.75. The van der Waals surface area contributed by atoms with E-state index in [2.05, 4.69) is 58.0 Å². The summed E-state index contributed by atoms with van der Waals surface area (Å²) in [6, 6.07) is 17.5. The zero-order chi connectivity index (χ0) is 19.2. The number of hydrogen-bond acceptors (Lipinski definition) is 1. The van der Waals surface area contributed by atoms with Crippen LogP contribution >= 0.6 is 0 Å². The molecule has 0 bridgehead atoms. The first-order chi connectivity index (χ1) is 12.9. The molecule has 1 fully saturated rings. The largest absolute Gasteiger partial charge is 0.388 e. The smallest absolute Gasteiger partial charge is 0.0846 e. The summed E-state index contributed by atoms with van der Waals surface area (Å²) in [7, 11) is 0. The molecule has 4 atom stereocenters. The van der Waals surface area contributed by atoms with Crippen molar-refractivity contribution in [1.29, 1.82) is 0 Å². The van der Waals surface area contributed by atoms with Crippen LogP contribution in [-0.4, -0.2) is 5.11 Å². The monoisotopic (exact) mass is 362 g/mol. The van der Waals surface area contributed by atoms with Crippen LogP contribution in [0.1, 0.15) is 87.7 Å². The quantitative estimate of drug-likeness (QED) is 0.656. The van der Waals surface area contributed by atoms with E-state index in [0.29, 0.717) is 11.8 Å². The zero-order valence-electron chi connectivity index (χ0n) is 17.3. The Morgan fingerprint density at radius 2 is 1.70 bits per heavy atom. The van der Waals surface area contributed by atoms with E-state index in [1.54, 1.807) is 11.1 Å². The minimum absolute atomic E-state index is 0.0667. The molecule has 4 rings (SSSR count). The molecule has 1 saturated carbocycles. The summed E-state index contributed by atoms with van der Waals surface area (Å²) in [5.41, 5.74) is 5.74. The summed E-state index contributed by atoms with van der Waals surface area (Å²) < 4.78 is 0. The van der Waals surface area contributed by atoms with Crippen molar-refractivity contribution in [1.82, 2.24) is 0 Å². The lowest BCUT2D eigenvalue weighted by atomic mass is 9.48. The number of aryl methyl sites for hydroxylation is 1. The molecule has 0 saturated heterocycles. The van der Waals surface area contributed by atoms with Gasteiger partial charge in [-0.25, -0.2) is 0 Å². The minimum Gasteiger partial charge on any atom is -0.388 e. The standard InChI is InChI=1S/C26H34O/c1-18(2)20-11-13-22-21(17-20)12-14-23-25(22,3)15-8-16-26(23,4)24(27)19-9-6-5-7-10-19/h5-7,9-11,13,17-18,23-24,27H,8,12,14-16H2,1-4H3/t23-,24-,25+,26-/m1/s1. The van der Waals surface area contributed by atoms with E-state index in [-0.39, 0.29) is 16.9 Å². The van der Waals surface area contributed by atoms with Crippen molar-refractivity contribution in [2.24, 2.45) is 11.3 Å². The van der Waals surface area contributed by atoms with Crippen molar-refractivity contribution in [3.8, 4) is 0 Å². The fourth-order valence-corrected chi connectivity index (χ4v) is 6.26. The van der Waals surface area contributed by atoms with Crippen molar-refractivity contribution in [3.63, 3.8) is 0 Å². The fourth-order valence-electron chi connectivity index (χ4n) is 6.26. The van der Waals surface area contributed by atoms with Crippen LogP contribution in [0.4, 0.5) is 0 Å². The molecule has 0 aromatic heterocycles. The Labute approximate surface area is 164 Å². The lowest BCUT2D eigenvalue weighted by Gasteiger charge is -2.57. The van der Waals surface area contributed by atoms with Crippen LogP contribution in [0.25, 0.3) is 0 Å². The Bertz CT molecular complexity index is 808. The molecular formula is C26H34O. The molecule has 1 nitrogen and oxygen atoms in total. The van der Waals surface area contributed by atoms with Crippen molar-refractivity contribution in [3.05, 3.63) is 70.8 Å². The predicted molar refractivity (Wildman–Crippen MR) is 113 cm³/mol. The molecule has 0 radical (unpaired) electrons. The Balaban J connectivity index is 1.74. The molecule has 1 heteroatoms. The fraction of sp³-hybridized carbons (Fsp3) is 0.538. The summed E-state index contributed by atoms with van der Waals surface area (Å²) in [5.74, 6) is 1.10. The van der Waals surface area contributed by atoms with Gasteiger partial charge < -0.3 is 5.11 Å². The van der Waals surface area contributed by atoms with E-state index in [1.807, 2.05) is 18.2 Å². The lowest BCUT2D eigenvalue weighted by Crippen LogP contribution is -2.51. The van der Waals surface area contributed by atoms with Crippen molar-refractivity contribution in [2.45, 2.75) is 77.2 Å². The molecule has 1 N–H and O–H groups in total. The summed E-state index contributed by atoms with van der Waals surface area (Å²) in [5, 5.41) is 11.4. The van der Waals surface area contributed by atoms with E-state index in [9.17, 15) is 5.11 Å². The average Bonchev–Trinajstić information content (AvgIpc) is 2.67. The molecule has 0 unspecified atom stereocenters. The molecule has 0 aliphatic heterocycles. The van der Waals surface area contributed by atoms with Gasteiger partial charge in [0.1, 0.15) is 0 Å². The number of rotatable bonds is 3. The highest BCUT2D eigenvalue weighted by atomic mass is 16.3. The second-order valence-electron chi connectivity index (χ2n) is 9.75. The molecule has 2 aliphatic rings. The van der Waals surface area contributed by atoms with E-state index in [4.69, 9.17) is 0 Å². The van der Waals surface area contributed by atoms with Crippen molar-refractivity contribution >= 4 is 0 Å². The molecule has 2 aromatic rings. The predicted octanol–water partition coefficient (Wildman–Crippen LogP) is 6.55. The normalized spacial score (nSPS) is 31.3. The number of aliphatic hydroxyl groups is 1. The average molecular weight is 363 g/mol. The summed E-state index contributed by atoms with van der Waals surface area (Å²) in [6.45, 7) is 9.38. The van der Waals surface area contributed by atoms with Gasteiger partial charge in [0.25, 0.3) is 0 Å². The van der Waals surface area contributed by atoms with Gasteiger partial charge in [0.2, 0.25) is 0 Å². The molecule has 0 amide bonds. The maximum Gasteiger partial charge on any atom is 0.0846 e. The van der Waals surface area contributed by atoms with Crippen LogP contribution in [0.15, 0.2) is 48.5 Å². The number of hydrogen-bond donors (Lipinski definition) is 1. The van der Waals surface area contributed by atoms with Crippen molar-refractivity contribution in [2.75, 3.05) is 0 Å². The van der Waals surface area contributed by atoms with Gasteiger partial charge in [0.15, 0.2) is 0 Å². The van der Waals surface area contributed by atoms with E-state index >= 15 is 0 Å². The van der Waals surface area contributed by atoms with Gasteiger partial charge in [0, 0.05) is 5.41 Å². The first-order valence-electron chi connectivity index (χ1n) is 10.7. The third kappa shape index (κ3) is 2.95. The molecule has 27 heavy (non-hydrogen) atoms. The Kier molecular flexibility index (Phi) is 4.71. The Morgan fingerprint density at radius 3 is 2.41 bits per heavy atom. The van der Waals surface area contributed by atoms with Gasteiger partial charge in [-0.1, -0.05) is 82.6 Å². The first kappa shape index (κ1) is 18.7. The van der Waals surface area contributed by atoms with Gasteiger partial charge in [-0.15, -0.1) is 0 Å². The Morgan fingerprint density at radius 1 is 0.963 bits per heavy atom. The van der Waals surface area contributed by atoms with Crippen LogP contribution < -0.4 is 0 Å². The van der Waals surface area contributed by atoms with Crippen LogP contribution in [-0.2, 0) is 11.8 Å². The van der Waals surface area contributed by atoms with Gasteiger partial charge in [0.05, 0.1) is 6.10 Å². The number of fused-ring (bicyclic) bond motifs is 3. The highest BCUT2D eigenvalue weighted by molar-refractivity contribution is 5.42. The molecule has 0 spiro atoms. The minimum atomic E-state index is -0.389. The highest BCUT2D eigenvalue weighted by Crippen LogP contribution is 2.61. The summed E-state index contributed by atoms with van der Waals surface area (Å²) >= 11 is 0. The maximum absolute atomic E-state index is 11.4. The van der Waals surface area contributed by atoms with Crippen molar-refractivity contribution < 1.29 is 5.11 Å². The van der Waals surface area contributed by atoms with Gasteiger partial charge in [-0.05, 0) is 65.2 Å². The van der Waals surface area contributed by atoms with Crippen LogP contribution in [0.3, 0.4) is 0 Å². The number of aliphatic hydroxyl groups excluding tert-OH is 1. The van der Waals surface area contributed by atoms with Gasteiger partial charge >= 0.3 is 0 Å². The molecule has 144 valence electrons. The SMILES string of the molecule is CC(C)c1ccc2c(c1)CC[C@H]1[C@](C)([C@H](O)c3ccccc3)CCC[C@@]21C. The molecule has 2 aromatic carbocycles. The maximum atomic E-state index is 11.4. The van der Waals surface area contributed by atoms with E-state index < -0.39 is 0 Å². The second kappa shape index (κ2) is 6.78. The summed E-state index contributed by atoms with van der Waals surface area (Å²) in [4.78, 5) is 0. The van der Waals surface area contributed by atoms with Crippen LogP contribution in [0, 0.1) is 11.3 Å². The number of benzene rings is 2. The molecule has 2 aliphatic carbocycles. The third-order valence-electron chi connectivity index (χ3n) is 7.83. The Hall–Kier alpha value is -1.60. The van der Waals surface area contributed by atoms with E-state index in [1.165, 1.54) is 24.8 Å².